The van der Waals surface area contributed by atoms with Crippen molar-refractivity contribution in [3.05, 3.63) is 41.5 Å². The van der Waals surface area contributed by atoms with Crippen molar-refractivity contribution < 1.29 is 13.9 Å². The number of rotatable bonds is 4. The third-order valence-electron chi connectivity index (χ3n) is 2.34. The van der Waals surface area contributed by atoms with Crippen LogP contribution in [0, 0.1) is 12.7 Å². The lowest BCUT2D eigenvalue weighted by Gasteiger charge is -2.08. The average Bonchev–Trinajstić information content (AvgIpc) is 2.33. The van der Waals surface area contributed by atoms with Gasteiger partial charge in [0.25, 0.3) is 0 Å². The standard InChI is InChI=1S/C13H14FN3O2/c1-8-3-4-9(14)10(5-8)19-13-6-11(15)16-12(17-13)7-18-2/h3-6H,7H2,1-2H3,(H2,15,16,17). The van der Waals surface area contributed by atoms with Crippen molar-refractivity contribution >= 4 is 5.82 Å². The van der Waals surface area contributed by atoms with Crippen LogP contribution in [-0.2, 0) is 11.3 Å². The van der Waals surface area contributed by atoms with E-state index in [1.807, 2.05) is 6.92 Å². The first-order valence-electron chi connectivity index (χ1n) is 5.65. The van der Waals surface area contributed by atoms with Gasteiger partial charge in [-0.1, -0.05) is 6.07 Å². The molecule has 1 aromatic carbocycles. The van der Waals surface area contributed by atoms with Gasteiger partial charge in [-0.3, -0.25) is 0 Å². The summed E-state index contributed by atoms with van der Waals surface area (Å²) in [5.74, 6) is 0.442. The van der Waals surface area contributed by atoms with Crippen molar-refractivity contribution in [3.8, 4) is 11.6 Å². The number of halogens is 1. The van der Waals surface area contributed by atoms with Crippen LogP contribution in [0.5, 0.6) is 11.6 Å². The lowest BCUT2D eigenvalue weighted by Crippen LogP contribution is -2.03. The zero-order valence-electron chi connectivity index (χ0n) is 10.7. The van der Waals surface area contributed by atoms with E-state index in [-0.39, 0.29) is 24.1 Å². The van der Waals surface area contributed by atoms with Gasteiger partial charge in [-0.2, -0.15) is 4.98 Å². The Balaban J connectivity index is 2.29. The maximum absolute atomic E-state index is 13.6. The van der Waals surface area contributed by atoms with E-state index in [0.717, 1.165) is 5.56 Å². The molecule has 1 aromatic heterocycles. The minimum Gasteiger partial charge on any atom is -0.436 e. The molecule has 0 aliphatic rings. The van der Waals surface area contributed by atoms with Gasteiger partial charge in [0.15, 0.2) is 17.4 Å². The summed E-state index contributed by atoms with van der Waals surface area (Å²) >= 11 is 0. The molecule has 0 amide bonds. The predicted octanol–water partition coefficient (Wildman–Crippen LogP) is 2.45. The fourth-order valence-corrected chi connectivity index (χ4v) is 1.54. The Morgan fingerprint density at radius 2 is 2.05 bits per heavy atom. The van der Waals surface area contributed by atoms with Crippen LogP contribution < -0.4 is 10.5 Å². The number of aromatic nitrogens is 2. The quantitative estimate of drug-likeness (QED) is 0.917. The van der Waals surface area contributed by atoms with Gasteiger partial charge in [0.2, 0.25) is 5.88 Å². The number of nitrogen functional groups attached to an aromatic ring is 1. The smallest absolute Gasteiger partial charge is 0.224 e. The van der Waals surface area contributed by atoms with E-state index in [1.54, 1.807) is 12.1 Å². The molecule has 6 heteroatoms. The first kappa shape index (κ1) is 13.2. The molecule has 0 aliphatic heterocycles. The number of methoxy groups -OCH3 is 1. The Morgan fingerprint density at radius 1 is 1.26 bits per heavy atom. The summed E-state index contributed by atoms with van der Waals surface area (Å²) in [5, 5.41) is 0. The van der Waals surface area contributed by atoms with Crippen LogP contribution in [-0.4, -0.2) is 17.1 Å². The van der Waals surface area contributed by atoms with Gasteiger partial charge in [-0.15, -0.1) is 0 Å². The van der Waals surface area contributed by atoms with Crippen LogP contribution in [0.3, 0.4) is 0 Å². The van der Waals surface area contributed by atoms with E-state index in [9.17, 15) is 4.39 Å². The first-order chi connectivity index (χ1) is 9.08. The minimum atomic E-state index is -0.462. The van der Waals surface area contributed by atoms with Gasteiger partial charge in [-0.25, -0.2) is 9.37 Å². The number of nitrogens with two attached hydrogens (primary N) is 1. The highest BCUT2D eigenvalue weighted by atomic mass is 19.1. The summed E-state index contributed by atoms with van der Waals surface area (Å²) in [6.07, 6.45) is 0. The highest BCUT2D eigenvalue weighted by Crippen LogP contribution is 2.25. The molecule has 0 atom stereocenters. The fourth-order valence-electron chi connectivity index (χ4n) is 1.54. The Morgan fingerprint density at radius 3 is 2.79 bits per heavy atom. The molecule has 0 bridgehead atoms. The van der Waals surface area contributed by atoms with Crippen LogP contribution in [0.15, 0.2) is 24.3 Å². The maximum atomic E-state index is 13.6. The topological polar surface area (TPSA) is 70.3 Å². The Labute approximate surface area is 110 Å². The number of hydrogen-bond donors (Lipinski definition) is 1. The second-order valence-electron chi connectivity index (χ2n) is 4.02. The van der Waals surface area contributed by atoms with Gasteiger partial charge in [0, 0.05) is 13.2 Å². The zero-order valence-corrected chi connectivity index (χ0v) is 10.7. The van der Waals surface area contributed by atoms with E-state index in [4.69, 9.17) is 15.2 Å². The van der Waals surface area contributed by atoms with Gasteiger partial charge in [0.1, 0.15) is 12.4 Å². The van der Waals surface area contributed by atoms with Crippen LogP contribution in [0.25, 0.3) is 0 Å². The normalized spacial score (nSPS) is 10.5. The molecule has 0 fully saturated rings. The van der Waals surface area contributed by atoms with Crippen molar-refractivity contribution in [1.29, 1.82) is 0 Å². The summed E-state index contributed by atoms with van der Waals surface area (Å²) in [7, 11) is 1.52. The summed E-state index contributed by atoms with van der Waals surface area (Å²) in [4.78, 5) is 8.06. The molecule has 2 aromatic rings. The number of benzene rings is 1. The largest absolute Gasteiger partial charge is 0.436 e. The number of nitrogens with zero attached hydrogens (tertiary/aromatic N) is 2. The Bertz CT molecular complexity index is 590. The molecular formula is C13H14FN3O2. The van der Waals surface area contributed by atoms with Gasteiger partial charge >= 0.3 is 0 Å². The van der Waals surface area contributed by atoms with Gasteiger partial charge in [0.05, 0.1) is 0 Å². The third-order valence-corrected chi connectivity index (χ3v) is 2.34. The van der Waals surface area contributed by atoms with E-state index < -0.39 is 5.82 Å². The molecule has 0 unspecified atom stereocenters. The van der Waals surface area contributed by atoms with Gasteiger partial charge < -0.3 is 15.2 Å². The molecule has 0 saturated heterocycles. The molecule has 0 spiro atoms. The molecule has 19 heavy (non-hydrogen) atoms. The lowest BCUT2D eigenvalue weighted by molar-refractivity contribution is 0.177. The Hall–Kier alpha value is -2.21. The van der Waals surface area contributed by atoms with Crippen LogP contribution in [0.2, 0.25) is 0 Å². The first-order valence-corrected chi connectivity index (χ1v) is 5.65. The van der Waals surface area contributed by atoms with Crippen molar-refractivity contribution in [3.63, 3.8) is 0 Å². The van der Waals surface area contributed by atoms with Crippen LogP contribution in [0.4, 0.5) is 10.2 Å². The van der Waals surface area contributed by atoms with Crippen molar-refractivity contribution in [1.82, 2.24) is 9.97 Å². The highest BCUT2D eigenvalue weighted by molar-refractivity contribution is 5.37. The molecular weight excluding hydrogens is 249 g/mol. The SMILES string of the molecule is COCc1nc(N)cc(Oc2cc(C)ccc2F)n1. The van der Waals surface area contributed by atoms with Crippen molar-refractivity contribution in [2.24, 2.45) is 0 Å². The van der Waals surface area contributed by atoms with Crippen molar-refractivity contribution in [2.45, 2.75) is 13.5 Å². The second kappa shape index (κ2) is 5.62. The molecule has 2 rings (SSSR count). The monoisotopic (exact) mass is 263 g/mol. The maximum Gasteiger partial charge on any atom is 0.224 e. The summed E-state index contributed by atoms with van der Waals surface area (Å²) < 4.78 is 23.9. The highest BCUT2D eigenvalue weighted by Gasteiger charge is 2.08. The predicted molar refractivity (Wildman–Crippen MR) is 68.4 cm³/mol. The number of aryl methyl sites for hydroxylation is 1. The van der Waals surface area contributed by atoms with Crippen LogP contribution in [0.1, 0.15) is 11.4 Å². The molecule has 1 heterocycles. The Kier molecular flexibility index (Phi) is 3.91. The summed E-state index contributed by atoms with van der Waals surface area (Å²) in [5.41, 5.74) is 6.52. The second-order valence-corrected chi connectivity index (χ2v) is 4.02. The van der Waals surface area contributed by atoms with E-state index in [1.165, 1.54) is 19.2 Å². The minimum absolute atomic E-state index is 0.0986. The number of hydrogen-bond acceptors (Lipinski definition) is 5. The molecule has 100 valence electrons. The number of anilines is 1. The van der Waals surface area contributed by atoms with E-state index in [0.29, 0.717) is 5.82 Å². The van der Waals surface area contributed by atoms with Crippen LogP contribution >= 0.6 is 0 Å². The zero-order chi connectivity index (χ0) is 13.8. The number of ether oxygens (including phenoxy) is 2. The van der Waals surface area contributed by atoms with E-state index in [2.05, 4.69) is 9.97 Å². The lowest BCUT2D eigenvalue weighted by atomic mass is 10.2. The van der Waals surface area contributed by atoms with Gasteiger partial charge in [-0.05, 0) is 24.6 Å². The summed E-state index contributed by atoms with van der Waals surface area (Å²) in [6.45, 7) is 2.05. The fraction of sp³-hybridized carbons (Fsp3) is 0.231. The van der Waals surface area contributed by atoms with E-state index >= 15 is 0 Å². The summed E-state index contributed by atoms with van der Waals surface area (Å²) in [6, 6.07) is 6.02. The molecule has 2 N–H and O–H groups in total. The average molecular weight is 263 g/mol. The molecule has 0 saturated carbocycles. The third kappa shape index (κ3) is 3.38. The van der Waals surface area contributed by atoms with Crippen molar-refractivity contribution in [2.75, 3.05) is 12.8 Å². The molecule has 0 aliphatic carbocycles. The molecule has 0 radical (unpaired) electrons. The molecule has 5 nitrogen and oxygen atoms in total.